The van der Waals surface area contributed by atoms with Crippen molar-refractivity contribution in [3.05, 3.63) is 66.2 Å². The van der Waals surface area contributed by atoms with Gasteiger partial charge in [0.1, 0.15) is 5.75 Å². The zero-order chi connectivity index (χ0) is 23.5. The zero-order valence-corrected chi connectivity index (χ0v) is 19.3. The van der Waals surface area contributed by atoms with Crippen LogP contribution in [0.3, 0.4) is 0 Å². The van der Waals surface area contributed by atoms with Gasteiger partial charge in [0.25, 0.3) is 0 Å². The summed E-state index contributed by atoms with van der Waals surface area (Å²) in [6, 6.07) is 12.7. The minimum atomic E-state index is -0.951. The van der Waals surface area contributed by atoms with Crippen molar-refractivity contribution in [2.24, 2.45) is 0 Å². The van der Waals surface area contributed by atoms with Crippen molar-refractivity contribution in [1.29, 1.82) is 0 Å². The van der Waals surface area contributed by atoms with E-state index < -0.39 is 12.2 Å². The number of aryl methyl sites for hydroxylation is 1. The van der Waals surface area contributed by atoms with Gasteiger partial charge in [-0.3, -0.25) is 14.5 Å². The number of carbonyl (C=O) groups is 2. The highest BCUT2D eigenvalue weighted by Gasteiger charge is 2.36. The van der Waals surface area contributed by atoms with Crippen LogP contribution in [-0.4, -0.2) is 32.8 Å². The third-order valence-corrected chi connectivity index (χ3v) is 5.77. The maximum Gasteiger partial charge on any atom is 0.308 e. The zero-order valence-electron chi connectivity index (χ0n) is 18.4. The number of aromatic nitrogens is 3. The first-order valence-electron chi connectivity index (χ1n) is 10.2. The molecule has 0 saturated carbocycles. The predicted octanol–water partition coefficient (Wildman–Crippen LogP) is 4.49. The molecule has 33 heavy (non-hydrogen) atoms. The Labute approximate surface area is 195 Å². The number of nitrogens with zero attached hydrogens (tertiary/aromatic N) is 4. The summed E-state index contributed by atoms with van der Waals surface area (Å²) in [6.45, 7) is 8.33. The Bertz CT molecular complexity index is 1250. The standard InChI is InChI=1S/C24H22N4O4S/c1-5-13-33-24-25-22-20(26-27-24)17-10-6-7-12-19(17)28(15(3)29)23(32-22)18-11-8-9-14(2)21(18)31-16(4)30/h5-12,23H,1,13H2,2-4H3. The molecular weight excluding hydrogens is 440 g/mol. The fourth-order valence-electron chi connectivity index (χ4n) is 3.60. The summed E-state index contributed by atoms with van der Waals surface area (Å²) >= 11 is 1.37. The van der Waals surface area contributed by atoms with Crippen LogP contribution in [-0.2, 0) is 9.59 Å². The van der Waals surface area contributed by atoms with Gasteiger partial charge in [0.2, 0.25) is 23.2 Å². The Kier molecular flexibility index (Phi) is 6.41. The molecule has 2 heterocycles. The monoisotopic (exact) mass is 462 g/mol. The van der Waals surface area contributed by atoms with Crippen LogP contribution in [0.2, 0.25) is 0 Å². The summed E-state index contributed by atoms with van der Waals surface area (Å²) in [4.78, 5) is 30.9. The number of carbonyl (C=O) groups excluding carboxylic acids is 2. The van der Waals surface area contributed by atoms with Crippen molar-refractivity contribution >= 4 is 29.3 Å². The Hall–Kier alpha value is -3.72. The van der Waals surface area contributed by atoms with Gasteiger partial charge in [-0.25, -0.2) is 0 Å². The van der Waals surface area contributed by atoms with E-state index in [1.807, 2.05) is 43.3 Å². The van der Waals surface area contributed by atoms with Crippen molar-refractivity contribution in [3.63, 3.8) is 0 Å². The second kappa shape index (κ2) is 9.41. The molecule has 1 aliphatic heterocycles. The number of thioether (sulfide) groups is 1. The molecule has 0 aliphatic carbocycles. The van der Waals surface area contributed by atoms with Crippen molar-refractivity contribution in [3.8, 4) is 22.9 Å². The van der Waals surface area contributed by atoms with Crippen LogP contribution in [0.4, 0.5) is 5.69 Å². The molecule has 168 valence electrons. The molecule has 8 nitrogen and oxygen atoms in total. The SMILES string of the molecule is C=CCSc1nnc2c(n1)OC(c1cccc(C)c1OC(C)=O)N(C(C)=O)c1ccccc1-2. The molecule has 1 amide bonds. The van der Waals surface area contributed by atoms with Crippen LogP contribution in [0.15, 0.2) is 60.3 Å². The minimum Gasteiger partial charge on any atom is -0.447 e. The number of rotatable bonds is 5. The average Bonchev–Trinajstić information content (AvgIpc) is 2.93. The lowest BCUT2D eigenvalue weighted by atomic mass is 10.1. The summed E-state index contributed by atoms with van der Waals surface area (Å²) in [5, 5.41) is 9.00. The second-order valence-corrected chi connectivity index (χ2v) is 8.30. The number of para-hydroxylation sites is 2. The quantitative estimate of drug-likeness (QED) is 0.237. The molecule has 0 saturated heterocycles. The molecule has 1 aromatic heterocycles. The smallest absolute Gasteiger partial charge is 0.308 e. The molecule has 1 atom stereocenters. The molecule has 4 rings (SSSR count). The third kappa shape index (κ3) is 4.45. The third-order valence-electron chi connectivity index (χ3n) is 4.94. The lowest BCUT2D eigenvalue weighted by Crippen LogP contribution is -2.36. The van der Waals surface area contributed by atoms with Gasteiger partial charge in [-0.05, 0) is 24.6 Å². The fourth-order valence-corrected chi connectivity index (χ4v) is 4.12. The van der Waals surface area contributed by atoms with Gasteiger partial charge in [-0.15, -0.1) is 16.8 Å². The van der Waals surface area contributed by atoms with Crippen molar-refractivity contribution in [2.75, 3.05) is 10.7 Å². The summed E-state index contributed by atoms with van der Waals surface area (Å²) in [5.74, 6) is 0.443. The maximum atomic E-state index is 12.9. The van der Waals surface area contributed by atoms with E-state index in [1.165, 1.54) is 30.5 Å². The molecule has 0 radical (unpaired) electrons. The molecule has 0 spiro atoms. The van der Waals surface area contributed by atoms with Gasteiger partial charge >= 0.3 is 5.97 Å². The summed E-state index contributed by atoms with van der Waals surface area (Å²) in [6.07, 6.45) is 0.793. The Morgan fingerprint density at radius 3 is 2.70 bits per heavy atom. The molecule has 9 heteroatoms. The van der Waals surface area contributed by atoms with E-state index in [2.05, 4.69) is 21.8 Å². The van der Waals surface area contributed by atoms with Crippen LogP contribution in [0.1, 0.15) is 31.2 Å². The molecule has 1 unspecified atom stereocenters. The van der Waals surface area contributed by atoms with Gasteiger partial charge in [0, 0.05) is 25.2 Å². The summed E-state index contributed by atoms with van der Waals surface area (Å²) in [7, 11) is 0. The highest BCUT2D eigenvalue weighted by atomic mass is 32.2. The van der Waals surface area contributed by atoms with Gasteiger partial charge in [0.15, 0.2) is 5.69 Å². The number of anilines is 1. The van der Waals surface area contributed by atoms with Crippen molar-refractivity contribution in [2.45, 2.75) is 32.2 Å². The normalized spacial score (nSPS) is 14.4. The van der Waals surface area contributed by atoms with Gasteiger partial charge < -0.3 is 9.47 Å². The van der Waals surface area contributed by atoms with E-state index >= 15 is 0 Å². The Morgan fingerprint density at radius 2 is 1.97 bits per heavy atom. The van der Waals surface area contributed by atoms with Crippen LogP contribution in [0.25, 0.3) is 11.3 Å². The molecule has 0 fully saturated rings. The number of hydrogen-bond donors (Lipinski definition) is 0. The van der Waals surface area contributed by atoms with Gasteiger partial charge in [-0.2, -0.15) is 4.98 Å². The van der Waals surface area contributed by atoms with E-state index in [0.717, 1.165) is 5.56 Å². The fraction of sp³-hybridized carbons (Fsp3) is 0.208. The molecule has 3 aromatic rings. The first-order valence-corrected chi connectivity index (χ1v) is 11.2. The number of amides is 1. The van der Waals surface area contributed by atoms with Crippen molar-refractivity contribution in [1.82, 2.24) is 15.2 Å². The highest BCUT2D eigenvalue weighted by molar-refractivity contribution is 7.99. The van der Waals surface area contributed by atoms with E-state index in [4.69, 9.17) is 9.47 Å². The molecule has 1 aliphatic rings. The van der Waals surface area contributed by atoms with E-state index in [0.29, 0.717) is 39.2 Å². The van der Waals surface area contributed by atoms with Gasteiger partial charge in [0.05, 0.1) is 11.3 Å². The maximum absolute atomic E-state index is 12.9. The van der Waals surface area contributed by atoms with Crippen LogP contribution in [0.5, 0.6) is 11.6 Å². The van der Waals surface area contributed by atoms with Crippen LogP contribution < -0.4 is 14.4 Å². The average molecular weight is 463 g/mol. The molecule has 0 N–H and O–H groups in total. The topological polar surface area (TPSA) is 94.5 Å². The number of benzene rings is 2. The Morgan fingerprint density at radius 1 is 1.18 bits per heavy atom. The van der Waals surface area contributed by atoms with Crippen molar-refractivity contribution < 1.29 is 19.1 Å². The van der Waals surface area contributed by atoms with E-state index in [1.54, 1.807) is 12.1 Å². The Balaban J connectivity index is 1.95. The first-order chi connectivity index (χ1) is 15.9. The molecular formula is C24H22N4O4S. The van der Waals surface area contributed by atoms with Crippen LogP contribution >= 0.6 is 11.8 Å². The van der Waals surface area contributed by atoms with Crippen LogP contribution in [0, 0.1) is 6.92 Å². The minimum absolute atomic E-state index is 0.230. The lowest BCUT2D eigenvalue weighted by molar-refractivity contribution is -0.132. The highest BCUT2D eigenvalue weighted by Crippen LogP contribution is 2.45. The second-order valence-electron chi connectivity index (χ2n) is 7.31. The summed E-state index contributed by atoms with van der Waals surface area (Å²) < 4.78 is 11.9. The van der Waals surface area contributed by atoms with E-state index in [-0.39, 0.29) is 11.8 Å². The van der Waals surface area contributed by atoms with Gasteiger partial charge in [-0.1, -0.05) is 48.2 Å². The number of fused-ring (bicyclic) bond motifs is 3. The number of esters is 1. The lowest BCUT2D eigenvalue weighted by Gasteiger charge is -2.31. The molecule has 0 bridgehead atoms. The van der Waals surface area contributed by atoms with E-state index in [9.17, 15) is 9.59 Å². The predicted molar refractivity (Wildman–Crippen MR) is 125 cm³/mol. The largest absolute Gasteiger partial charge is 0.447 e. The number of ether oxygens (including phenoxy) is 2. The number of hydrogen-bond acceptors (Lipinski definition) is 8. The first kappa shape index (κ1) is 22.5. The summed E-state index contributed by atoms with van der Waals surface area (Å²) in [5.41, 5.74) is 2.92. The molecule has 2 aromatic carbocycles.